The van der Waals surface area contributed by atoms with Crippen molar-refractivity contribution in [3.05, 3.63) is 34.2 Å². The number of nitro benzene ring substituents is 1. The highest BCUT2D eigenvalue weighted by Crippen LogP contribution is 2.22. The molecule has 2 aromatic rings. The number of hydrogen-bond acceptors (Lipinski definition) is 7. The van der Waals surface area contributed by atoms with Crippen LogP contribution >= 0.6 is 0 Å². The van der Waals surface area contributed by atoms with Crippen LogP contribution in [0.5, 0.6) is 0 Å². The van der Waals surface area contributed by atoms with Gasteiger partial charge in [0, 0.05) is 25.2 Å². The van der Waals surface area contributed by atoms with Gasteiger partial charge >= 0.3 is 0 Å². The second kappa shape index (κ2) is 5.89. The molecule has 1 aromatic carbocycles. The van der Waals surface area contributed by atoms with Crippen LogP contribution in [0.3, 0.4) is 0 Å². The predicted molar refractivity (Wildman–Crippen MR) is 83.8 cm³/mol. The van der Waals surface area contributed by atoms with Gasteiger partial charge in [-0.15, -0.1) is 0 Å². The van der Waals surface area contributed by atoms with E-state index in [1.54, 1.807) is 0 Å². The third-order valence-corrected chi connectivity index (χ3v) is 5.69. The SMILES string of the molecule is CC1CN(Cc2nc3cc([N+](=O)[O-])ccc3o2)CCS(=O)(=O)C1. The summed E-state index contributed by atoms with van der Waals surface area (Å²) in [6.45, 7) is 3.39. The quantitative estimate of drug-likeness (QED) is 0.617. The van der Waals surface area contributed by atoms with Crippen molar-refractivity contribution in [1.29, 1.82) is 0 Å². The third kappa shape index (κ3) is 3.67. The smallest absolute Gasteiger partial charge is 0.271 e. The van der Waals surface area contributed by atoms with Crippen LogP contribution in [-0.4, -0.2) is 47.8 Å². The first-order chi connectivity index (χ1) is 10.8. The summed E-state index contributed by atoms with van der Waals surface area (Å²) in [5.74, 6) is 0.812. The molecule has 8 nitrogen and oxygen atoms in total. The Bertz CT molecular complexity index is 845. The van der Waals surface area contributed by atoms with E-state index in [1.165, 1.54) is 18.2 Å². The van der Waals surface area contributed by atoms with Crippen LogP contribution in [0.25, 0.3) is 11.1 Å². The van der Waals surface area contributed by atoms with Gasteiger partial charge in [0.05, 0.1) is 23.0 Å². The van der Waals surface area contributed by atoms with Crippen molar-refractivity contribution in [2.45, 2.75) is 13.5 Å². The van der Waals surface area contributed by atoms with E-state index in [9.17, 15) is 18.5 Å². The average Bonchev–Trinajstić information content (AvgIpc) is 2.79. The number of aromatic nitrogens is 1. The zero-order valence-electron chi connectivity index (χ0n) is 12.6. The van der Waals surface area contributed by atoms with Crippen molar-refractivity contribution >= 4 is 26.6 Å². The van der Waals surface area contributed by atoms with Gasteiger partial charge in [-0.2, -0.15) is 0 Å². The van der Waals surface area contributed by atoms with Gasteiger partial charge in [0.1, 0.15) is 5.52 Å². The maximum atomic E-state index is 11.8. The maximum Gasteiger partial charge on any atom is 0.271 e. The molecule has 1 aliphatic heterocycles. The molecule has 1 fully saturated rings. The summed E-state index contributed by atoms with van der Waals surface area (Å²) in [5.41, 5.74) is 0.887. The first-order valence-corrected chi connectivity index (χ1v) is 9.11. The van der Waals surface area contributed by atoms with Gasteiger partial charge in [-0.05, 0) is 12.0 Å². The van der Waals surface area contributed by atoms with E-state index in [4.69, 9.17) is 4.42 Å². The molecule has 0 spiro atoms. The molecule has 0 saturated carbocycles. The van der Waals surface area contributed by atoms with E-state index in [0.29, 0.717) is 36.6 Å². The lowest BCUT2D eigenvalue weighted by molar-refractivity contribution is -0.384. The number of rotatable bonds is 3. The van der Waals surface area contributed by atoms with Crippen LogP contribution in [0.1, 0.15) is 12.8 Å². The van der Waals surface area contributed by atoms with Gasteiger partial charge in [0.25, 0.3) is 5.69 Å². The van der Waals surface area contributed by atoms with E-state index in [-0.39, 0.29) is 23.1 Å². The Morgan fingerprint density at radius 3 is 3.00 bits per heavy atom. The van der Waals surface area contributed by atoms with Gasteiger partial charge < -0.3 is 4.42 Å². The Kier molecular flexibility index (Phi) is 4.07. The molecule has 0 N–H and O–H groups in total. The monoisotopic (exact) mass is 339 g/mol. The fraction of sp³-hybridized carbons (Fsp3) is 0.500. The first-order valence-electron chi connectivity index (χ1n) is 7.29. The third-order valence-electron chi connectivity index (χ3n) is 3.81. The molecule has 1 saturated heterocycles. The maximum absolute atomic E-state index is 11.8. The van der Waals surface area contributed by atoms with E-state index in [2.05, 4.69) is 4.98 Å². The zero-order chi connectivity index (χ0) is 16.6. The fourth-order valence-corrected chi connectivity index (χ4v) is 4.52. The zero-order valence-corrected chi connectivity index (χ0v) is 13.5. The lowest BCUT2D eigenvalue weighted by Gasteiger charge is -2.19. The fourth-order valence-electron chi connectivity index (χ4n) is 2.85. The van der Waals surface area contributed by atoms with Gasteiger partial charge in [-0.3, -0.25) is 15.0 Å². The highest BCUT2D eigenvalue weighted by Gasteiger charge is 2.25. The van der Waals surface area contributed by atoms with Crippen molar-refractivity contribution in [3.63, 3.8) is 0 Å². The molecule has 0 radical (unpaired) electrons. The largest absolute Gasteiger partial charge is 0.439 e. The summed E-state index contributed by atoms with van der Waals surface area (Å²) in [7, 11) is -3.00. The highest BCUT2D eigenvalue weighted by atomic mass is 32.2. The number of non-ortho nitro benzene ring substituents is 1. The van der Waals surface area contributed by atoms with E-state index >= 15 is 0 Å². The number of benzene rings is 1. The number of hydrogen-bond donors (Lipinski definition) is 0. The Hall–Kier alpha value is -2.00. The van der Waals surface area contributed by atoms with Crippen molar-refractivity contribution in [2.24, 2.45) is 5.92 Å². The summed E-state index contributed by atoms with van der Waals surface area (Å²) >= 11 is 0. The van der Waals surface area contributed by atoms with E-state index < -0.39 is 14.8 Å². The summed E-state index contributed by atoms with van der Waals surface area (Å²) in [6.07, 6.45) is 0. The lowest BCUT2D eigenvalue weighted by atomic mass is 10.2. The normalized spacial score (nSPS) is 22.0. The van der Waals surface area contributed by atoms with Crippen LogP contribution in [0, 0.1) is 16.0 Å². The molecule has 1 aliphatic rings. The molecule has 9 heteroatoms. The molecular formula is C14H17N3O5S. The standard InChI is InChI=1S/C14H17N3O5S/c1-10-7-16(4-5-23(20,21)9-10)8-14-15-12-6-11(17(18)19)2-3-13(12)22-14/h2-3,6,10H,4-5,7-9H2,1H3. The topological polar surface area (TPSA) is 107 Å². The molecule has 0 amide bonds. The first kappa shape index (κ1) is 15.9. The Morgan fingerprint density at radius 2 is 2.26 bits per heavy atom. The molecule has 1 aromatic heterocycles. The molecule has 2 heterocycles. The minimum atomic E-state index is -3.00. The molecule has 23 heavy (non-hydrogen) atoms. The molecule has 1 unspecified atom stereocenters. The molecular weight excluding hydrogens is 322 g/mol. The molecule has 124 valence electrons. The minimum absolute atomic E-state index is 0.0353. The number of nitrogens with zero attached hydrogens (tertiary/aromatic N) is 3. The van der Waals surface area contributed by atoms with Gasteiger partial charge in [-0.1, -0.05) is 6.92 Å². The average molecular weight is 339 g/mol. The van der Waals surface area contributed by atoms with Crippen molar-refractivity contribution < 1.29 is 17.8 Å². The van der Waals surface area contributed by atoms with Gasteiger partial charge in [0.15, 0.2) is 15.4 Å². The Labute approximate surface area is 133 Å². The predicted octanol–water partition coefficient (Wildman–Crippen LogP) is 1.60. The molecule has 0 aliphatic carbocycles. The Morgan fingerprint density at radius 1 is 1.48 bits per heavy atom. The number of sulfone groups is 1. The molecule has 1 atom stereocenters. The van der Waals surface area contributed by atoms with Crippen LogP contribution in [0.4, 0.5) is 5.69 Å². The number of nitro groups is 1. The summed E-state index contributed by atoms with van der Waals surface area (Å²) in [5, 5.41) is 10.8. The number of oxazole rings is 1. The van der Waals surface area contributed by atoms with Crippen molar-refractivity contribution in [1.82, 2.24) is 9.88 Å². The van der Waals surface area contributed by atoms with E-state index in [0.717, 1.165) is 0 Å². The molecule has 0 bridgehead atoms. The second-order valence-electron chi connectivity index (χ2n) is 5.97. The summed E-state index contributed by atoms with van der Waals surface area (Å²) in [4.78, 5) is 16.6. The Balaban J connectivity index is 1.79. The van der Waals surface area contributed by atoms with Crippen LogP contribution in [-0.2, 0) is 16.4 Å². The molecule has 3 rings (SSSR count). The minimum Gasteiger partial charge on any atom is -0.439 e. The van der Waals surface area contributed by atoms with Crippen molar-refractivity contribution in [2.75, 3.05) is 24.6 Å². The van der Waals surface area contributed by atoms with E-state index in [1.807, 2.05) is 11.8 Å². The lowest BCUT2D eigenvalue weighted by Crippen LogP contribution is -2.28. The second-order valence-corrected chi connectivity index (χ2v) is 8.20. The highest BCUT2D eigenvalue weighted by molar-refractivity contribution is 7.91. The van der Waals surface area contributed by atoms with Crippen LogP contribution < -0.4 is 0 Å². The van der Waals surface area contributed by atoms with Crippen LogP contribution in [0.2, 0.25) is 0 Å². The number of fused-ring (bicyclic) bond motifs is 1. The van der Waals surface area contributed by atoms with Gasteiger partial charge in [-0.25, -0.2) is 13.4 Å². The van der Waals surface area contributed by atoms with Crippen molar-refractivity contribution in [3.8, 4) is 0 Å². The van der Waals surface area contributed by atoms with Gasteiger partial charge in [0.2, 0.25) is 5.89 Å². The summed E-state index contributed by atoms with van der Waals surface area (Å²) in [6, 6.07) is 4.27. The summed E-state index contributed by atoms with van der Waals surface area (Å²) < 4.78 is 29.2. The van der Waals surface area contributed by atoms with Crippen LogP contribution in [0.15, 0.2) is 22.6 Å².